The van der Waals surface area contributed by atoms with Crippen molar-refractivity contribution in [1.82, 2.24) is 19.4 Å². The molecule has 0 unspecified atom stereocenters. The number of fused-ring (bicyclic) bond motifs is 1. The van der Waals surface area contributed by atoms with Crippen molar-refractivity contribution in [2.75, 3.05) is 27.2 Å². The van der Waals surface area contributed by atoms with Gasteiger partial charge >= 0.3 is 5.97 Å². The molecule has 1 aromatic carbocycles. The number of aromatic carboxylic acids is 1. The van der Waals surface area contributed by atoms with Gasteiger partial charge in [0.25, 0.3) is 0 Å². The van der Waals surface area contributed by atoms with Gasteiger partial charge in [-0.2, -0.15) is 0 Å². The Kier molecular flexibility index (Phi) is 5.49. The van der Waals surface area contributed by atoms with Crippen LogP contribution in [0.3, 0.4) is 0 Å². The first-order chi connectivity index (χ1) is 14.4. The predicted octanol–water partition coefficient (Wildman–Crippen LogP) is 3.30. The van der Waals surface area contributed by atoms with E-state index in [0.717, 1.165) is 42.7 Å². The van der Waals surface area contributed by atoms with Gasteiger partial charge in [-0.15, -0.1) is 0 Å². The van der Waals surface area contributed by atoms with Crippen LogP contribution in [0, 0.1) is 0 Å². The average molecular weight is 409 g/mol. The number of carboxylic acids is 1. The van der Waals surface area contributed by atoms with Crippen molar-refractivity contribution in [1.29, 1.82) is 0 Å². The lowest BCUT2D eigenvalue weighted by molar-refractivity contribution is 0.0696. The number of benzene rings is 1. The van der Waals surface area contributed by atoms with Gasteiger partial charge in [0, 0.05) is 54.7 Å². The Morgan fingerprint density at radius 1 is 1.20 bits per heavy atom. The zero-order valence-corrected chi connectivity index (χ0v) is 17.7. The molecule has 0 bridgehead atoms. The lowest BCUT2D eigenvalue weighted by Crippen LogP contribution is -2.21. The van der Waals surface area contributed by atoms with E-state index in [9.17, 15) is 15.0 Å². The molecule has 3 heterocycles. The van der Waals surface area contributed by atoms with E-state index in [1.165, 1.54) is 0 Å². The summed E-state index contributed by atoms with van der Waals surface area (Å²) in [4.78, 5) is 20.7. The van der Waals surface area contributed by atoms with Crippen molar-refractivity contribution in [3.05, 3.63) is 47.4 Å². The van der Waals surface area contributed by atoms with Crippen LogP contribution in [-0.2, 0) is 20.1 Å². The summed E-state index contributed by atoms with van der Waals surface area (Å²) in [6, 6.07) is 5.61. The molecule has 0 radical (unpaired) electrons. The summed E-state index contributed by atoms with van der Waals surface area (Å²) < 4.78 is 1.99. The SMILES string of the molecule is CN(C)Cc1c(O)c(-c2ccncc2)cc2c1c(C(=O)O)c(CN1CCCC1)n2C. The molecule has 30 heavy (non-hydrogen) atoms. The first-order valence-electron chi connectivity index (χ1n) is 10.2. The van der Waals surface area contributed by atoms with Crippen molar-refractivity contribution in [3.63, 3.8) is 0 Å². The highest BCUT2D eigenvalue weighted by molar-refractivity contribution is 6.08. The molecule has 0 amide bonds. The lowest BCUT2D eigenvalue weighted by atomic mass is 9.96. The second kappa shape index (κ2) is 8.08. The Balaban J connectivity index is 2.02. The van der Waals surface area contributed by atoms with Gasteiger partial charge in [0.05, 0.1) is 11.1 Å². The number of phenolic OH excluding ortho intramolecular Hbond substituents is 1. The largest absolute Gasteiger partial charge is 0.507 e. The topological polar surface area (TPSA) is 81.8 Å². The number of phenols is 1. The van der Waals surface area contributed by atoms with Crippen LogP contribution in [0.4, 0.5) is 0 Å². The van der Waals surface area contributed by atoms with E-state index >= 15 is 0 Å². The molecule has 1 fully saturated rings. The van der Waals surface area contributed by atoms with E-state index in [1.54, 1.807) is 12.4 Å². The van der Waals surface area contributed by atoms with Gasteiger partial charge in [-0.25, -0.2) is 4.79 Å². The summed E-state index contributed by atoms with van der Waals surface area (Å²) in [7, 11) is 5.75. The molecule has 2 N–H and O–H groups in total. The summed E-state index contributed by atoms with van der Waals surface area (Å²) in [5.41, 5.74) is 4.09. The Morgan fingerprint density at radius 2 is 1.87 bits per heavy atom. The Bertz CT molecular complexity index is 1080. The van der Waals surface area contributed by atoms with E-state index in [0.29, 0.717) is 35.2 Å². The third-order valence-corrected chi connectivity index (χ3v) is 5.94. The highest BCUT2D eigenvalue weighted by atomic mass is 16.4. The second-order valence-corrected chi connectivity index (χ2v) is 8.29. The summed E-state index contributed by atoms with van der Waals surface area (Å²) in [5, 5.41) is 22.0. The molecule has 158 valence electrons. The number of aryl methyl sites for hydroxylation is 1. The monoisotopic (exact) mass is 408 g/mol. The number of pyridine rings is 1. The van der Waals surface area contributed by atoms with Crippen LogP contribution < -0.4 is 0 Å². The van der Waals surface area contributed by atoms with Crippen molar-refractivity contribution >= 4 is 16.9 Å². The van der Waals surface area contributed by atoms with E-state index in [-0.39, 0.29) is 5.75 Å². The van der Waals surface area contributed by atoms with Crippen molar-refractivity contribution in [3.8, 4) is 16.9 Å². The molecule has 3 aromatic rings. The van der Waals surface area contributed by atoms with Gasteiger partial charge in [0.15, 0.2) is 0 Å². The van der Waals surface area contributed by atoms with E-state index in [1.807, 2.05) is 48.8 Å². The maximum atomic E-state index is 12.4. The maximum Gasteiger partial charge on any atom is 0.338 e. The Labute approximate surface area is 176 Å². The number of aromatic nitrogens is 2. The fraction of sp³-hybridized carbons (Fsp3) is 0.391. The first kappa shape index (κ1) is 20.4. The number of likely N-dealkylation sites (tertiary alicyclic amines) is 1. The van der Waals surface area contributed by atoms with Crippen LogP contribution in [0.2, 0.25) is 0 Å². The van der Waals surface area contributed by atoms with E-state index in [2.05, 4.69) is 9.88 Å². The quantitative estimate of drug-likeness (QED) is 0.651. The fourth-order valence-corrected chi connectivity index (χ4v) is 4.50. The maximum absolute atomic E-state index is 12.4. The first-order valence-corrected chi connectivity index (χ1v) is 10.2. The third-order valence-electron chi connectivity index (χ3n) is 5.94. The molecule has 7 heteroatoms. The lowest BCUT2D eigenvalue weighted by Gasteiger charge is -2.16. The third kappa shape index (κ3) is 3.55. The van der Waals surface area contributed by atoms with Gasteiger partial charge in [0.1, 0.15) is 5.75 Å². The molecule has 0 atom stereocenters. The summed E-state index contributed by atoms with van der Waals surface area (Å²) in [6.07, 6.45) is 5.67. The molecule has 0 saturated carbocycles. The van der Waals surface area contributed by atoms with E-state index in [4.69, 9.17) is 0 Å². The predicted molar refractivity (Wildman–Crippen MR) is 117 cm³/mol. The highest BCUT2D eigenvalue weighted by Gasteiger charge is 2.28. The molecule has 7 nitrogen and oxygen atoms in total. The summed E-state index contributed by atoms with van der Waals surface area (Å²) in [5.74, 6) is -0.825. The molecule has 2 aromatic heterocycles. The molecular formula is C23H28N4O3. The Hall–Kier alpha value is -2.90. The number of aromatic hydroxyl groups is 1. The fourth-order valence-electron chi connectivity index (χ4n) is 4.50. The molecule has 1 aliphatic heterocycles. The van der Waals surface area contributed by atoms with Gasteiger partial charge in [0.2, 0.25) is 0 Å². The van der Waals surface area contributed by atoms with Crippen LogP contribution in [0.1, 0.15) is 34.5 Å². The zero-order chi connectivity index (χ0) is 21.4. The highest BCUT2D eigenvalue weighted by Crippen LogP contribution is 2.41. The standard InChI is InChI=1S/C23H28N4O3/c1-25(2)13-17-20-18(12-16(22(17)28)15-6-8-24-9-7-15)26(3)19(21(20)23(29)30)14-27-10-4-5-11-27/h6-9,12,28H,4-5,10-11,13-14H2,1-3H3,(H,29,30). The number of rotatable bonds is 6. The minimum Gasteiger partial charge on any atom is -0.507 e. The van der Waals surface area contributed by atoms with E-state index < -0.39 is 5.97 Å². The second-order valence-electron chi connectivity index (χ2n) is 8.29. The number of carboxylic acid groups (broad SMARTS) is 1. The van der Waals surface area contributed by atoms with Gasteiger partial charge in [-0.05, 0) is 63.8 Å². The van der Waals surface area contributed by atoms with Crippen LogP contribution in [-0.4, -0.2) is 62.7 Å². The average Bonchev–Trinajstić information content (AvgIpc) is 3.31. The van der Waals surface area contributed by atoms with Crippen LogP contribution in [0.5, 0.6) is 5.75 Å². The minimum atomic E-state index is -0.953. The van der Waals surface area contributed by atoms with Crippen LogP contribution in [0.15, 0.2) is 30.6 Å². The minimum absolute atomic E-state index is 0.128. The molecule has 1 saturated heterocycles. The van der Waals surface area contributed by atoms with Gasteiger partial charge < -0.3 is 19.7 Å². The number of nitrogens with zero attached hydrogens (tertiary/aromatic N) is 4. The van der Waals surface area contributed by atoms with Gasteiger partial charge in [-0.1, -0.05) is 0 Å². The molecular weight excluding hydrogens is 380 g/mol. The number of carbonyl (C=O) groups is 1. The normalized spacial score (nSPS) is 14.8. The summed E-state index contributed by atoms with van der Waals surface area (Å²) >= 11 is 0. The summed E-state index contributed by atoms with van der Waals surface area (Å²) in [6.45, 7) is 3.01. The Morgan fingerprint density at radius 3 is 2.47 bits per heavy atom. The zero-order valence-electron chi connectivity index (χ0n) is 17.7. The molecule has 1 aliphatic rings. The van der Waals surface area contributed by atoms with Gasteiger partial charge in [-0.3, -0.25) is 9.88 Å². The number of hydrogen-bond acceptors (Lipinski definition) is 5. The molecule has 0 aliphatic carbocycles. The van der Waals surface area contributed by atoms with Crippen molar-refractivity contribution < 1.29 is 15.0 Å². The smallest absolute Gasteiger partial charge is 0.338 e. The molecule has 0 spiro atoms. The number of hydrogen-bond donors (Lipinski definition) is 2. The van der Waals surface area contributed by atoms with Crippen molar-refractivity contribution in [2.24, 2.45) is 7.05 Å². The van der Waals surface area contributed by atoms with Crippen LogP contribution in [0.25, 0.3) is 22.0 Å². The van der Waals surface area contributed by atoms with Crippen LogP contribution >= 0.6 is 0 Å². The van der Waals surface area contributed by atoms with Crippen molar-refractivity contribution in [2.45, 2.75) is 25.9 Å². The molecule has 4 rings (SSSR count).